The molecule has 0 bridgehead atoms. The highest BCUT2D eigenvalue weighted by molar-refractivity contribution is 9.10. The third-order valence-corrected chi connectivity index (χ3v) is 4.11. The number of hydrogen-bond donors (Lipinski definition) is 1. The third kappa shape index (κ3) is 2.28. The molecule has 1 aromatic heterocycles. The summed E-state index contributed by atoms with van der Waals surface area (Å²) in [5.41, 5.74) is 1.89. The monoisotopic (exact) mass is 339 g/mol. The molecule has 1 aliphatic rings. The van der Waals surface area contributed by atoms with Gasteiger partial charge < -0.3 is 0 Å². The molecule has 0 radical (unpaired) electrons. The summed E-state index contributed by atoms with van der Waals surface area (Å²) in [7, 11) is 0. The predicted octanol–water partition coefficient (Wildman–Crippen LogP) is 3.18. The van der Waals surface area contributed by atoms with E-state index in [9.17, 15) is 4.79 Å². The number of benzene rings is 1. The van der Waals surface area contributed by atoms with Crippen molar-refractivity contribution in [2.75, 3.05) is 11.4 Å². The lowest BCUT2D eigenvalue weighted by atomic mass is 10.1. The van der Waals surface area contributed by atoms with Crippen LogP contribution in [0.3, 0.4) is 0 Å². The van der Waals surface area contributed by atoms with Crippen LogP contribution >= 0.6 is 27.5 Å². The van der Waals surface area contributed by atoms with E-state index in [1.54, 1.807) is 11.1 Å². The van der Waals surface area contributed by atoms with Gasteiger partial charge in [0.1, 0.15) is 5.82 Å². The predicted molar refractivity (Wildman–Crippen MR) is 78.3 cm³/mol. The molecular formula is C13H11BrClN3O. The summed E-state index contributed by atoms with van der Waals surface area (Å²) in [5, 5.41) is 6.82. The van der Waals surface area contributed by atoms with E-state index < -0.39 is 0 Å². The molecule has 1 aliphatic heterocycles. The Morgan fingerprint density at radius 1 is 1.37 bits per heavy atom. The van der Waals surface area contributed by atoms with E-state index in [1.807, 2.05) is 24.3 Å². The van der Waals surface area contributed by atoms with Crippen LogP contribution in [0.1, 0.15) is 6.42 Å². The zero-order chi connectivity index (χ0) is 13.4. The lowest BCUT2D eigenvalue weighted by Crippen LogP contribution is -2.25. The molecular weight excluding hydrogens is 330 g/mol. The molecule has 6 heteroatoms. The Labute approximate surface area is 123 Å². The van der Waals surface area contributed by atoms with Gasteiger partial charge in [-0.3, -0.25) is 14.8 Å². The quantitative estimate of drug-likeness (QED) is 0.854. The third-order valence-electron chi connectivity index (χ3n) is 3.13. The van der Waals surface area contributed by atoms with Crippen molar-refractivity contribution in [3.63, 3.8) is 0 Å². The van der Waals surface area contributed by atoms with E-state index in [2.05, 4.69) is 26.1 Å². The second-order valence-electron chi connectivity index (χ2n) is 4.42. The van der Waals surface area contributed by atoms with Gasteiger partial charge >= 0.3 is 0 Å². The minimum absolute atomic E-state index is 0.0255. The van der Waals surface area contributed by atoms with Gasteiger partial charge in [-0.1, -0.05) is 34.1 Å². The molecule has 0 aliphatic carbocycles. The molecule has 1 saturated heterocycles. The first kappa shape index (κ1) is 12.7. The SMILES string of the molecule is O=C1CC(Cl)CN1c1[nH]ncc1-c1ccccc1Br. The number of aromatic nitrogens is 2. The fourth-order valence-corrected chi connectivity index (χ4v) is 3.01. The normalized spacial score (nSPS) is 19.2. The Morgan fingerprint density at radius 3 is 2.84 bits per heavy atom. The number of carbonyl (C=O) groups excluding carboxylic acids is 1. The topological polar surface area (TPSA) is 49.0 Å². The highest BCUT2D eigenvalue weighted by Gasteiger charge is 2.31. The van der Waals surface area contributed by atoms with E-state index in [1.165, 1.54) is 0 Å². The first-order chi connectivity index (χ1) is 9.16. The highest BCUT2D eigenvalue weighted by Crippen LogP contribution is 2.35. The molecule has 2 aromatic rings. The molecule has 1 atom stereocenters. The summed E-state index contributed by atoms with van der Waals surface area (Å²) >= 11 is 9.56. The van der Waals surface area contributed by atoms with Crippen LogP contribution in [0, 0.1) is 0 Å². The van der Waals surface area contributed by atoms with E-state index in [0.29, 0.717) is 18.8 Å². The van der Waals surface area contributed by atoms with Crippen molar-refractivity contribution >= 4 is 39.3 Å². The average Bonchev–Trinajstić information content (AvgIpc) is 2.96. The maximum Gasteiger partial charge on any atom is 0.229 e. The number of halogens is 2. The van der Waals surface area contributed by atoms with Crippen molar-refractivity contribution < 1.29 is 4.79 Å². The van der Waals surface area contributed by atoms with Crippen LogP contribution in [0.2, 0.25) is 0 Å². The summed E-state index contributed by atoms with van der Waals surface area (Å²) in [6, 6.07) is 7.84. The molecule has 4 nitrogen and oxygen atoms in total. The van der Waals surface area contributed by atoms with Gasteiger partial charge in [0, 0.05) is 28.6 Å². The molecule has 1 unspecified atom stereocenters. The van der Waals surface area contributed by atoms with Gasteiger partial charge in [-0.15, -0.1) is 11.6 Å². The Kier molecular flexibility index (Phi) is 3.33. The van der Waals surface area contributed by atoms with Gasteiger partial charge in [0.2, 0.25) is 5.91 Å². The number of alkyl halides is 1. The van der Waals surface area contributed by atoms with Gasteiger partial charge in [-0.25, -0.2) is 0 Å². The van der Waals surface area contributed by atoms with Crippen LogP contribution in [0.5, 0.6) is 0 Å². The van der Waals surface area contributed by atoms with Crippen LogP contribution in [0.4, 0.5) is 5.82 Å². The van der Waals surface area contributed by atoms with E-state index in [-0.39, 0.29) is 11.3 Å². The minimum atomic E-state index is -0.136. The van der Waals surface area contributed by atoms with E-state index >= 15 is 0 Å². The first-order valence-corrected chi connectivity index (χ1v) is 7.12. The van der Waals surface area contributed by atoms with E-state index in [4.69, 9.17) is 11.6 Å². The number of anilines is 1. The number of H-pyrrole nitrogens is 1. The molecule has 2 heterocycles. The minimum Gasteiger partial charge on any atom is -0.295 e. The number of hydrogen-bond acceptors (Lipinski definition) is 2. The van der Waals surface area contributed by atoms with Crippen molar-refractivity contribution in [3.05, 3.63) is 34.9 Å². The lowest BCUT2D eigenvalue weighted by molar-refractivity contribution is -0.117. The van der Waals surface area contributed by atoms with Crippen LogP contribution in [-0.4, -0.2) is 28.0 Å². The summed E-state index contributed by atoms with van der Waals surface area (Å²) in [4.78, 5) is 13.6. The van der Waals surface area contributed by atoms with Crippen LogP contribution < -0.4 is 4.90 Å². The van der Waals surface area contributed by atoms with Crippen molar-refractivity contribution in [1.29, 1.82) is 0 Å². The summed E-state index contributed by atoms with van der Waals surface area (Å²) in [5.74, 6) is 0.734. The van der Waals surface area contributed by atoms with Crippen LogP contribution in [0.15, 0.2) is 34.9 Å². The standard InChI is InChI=1S/C13H11BrClN3O/c14-11-4-2-1-3-9(11)10-6-16-17-13(10)18-7-8(15)5-12(18)19/h1-4,6,8H,5,7H2,(H,16,17). The van der Waals surface area contributed by atoms with Gasteiger partial charge in [0.15, 0.2) is 0 Å². The second-order valence-corrected chi connectivity index (χ2v) is 5.89. The van der Waals surface area contributed by atoms with Gasteiger partial charge in [0.25, 0.3) is 0 Å². The molecule has 19 heavy (non-hydrogen) atoms. The molecule has 1 aromatic carbocycles. The van der Waals surface area contributed by atoms with Crippen LogP contribution in [-0.2, 0) is 4.79 Å². The largest absolute Gasteiger partial charge is 0.295 e. The molecule has 1 fully saturated rings. The molecule has 0 spiro atoms. The van der Waals surface area contributed by atoms with Crippen molar-refractivity contribution in [2.24, 2.45) is 0 Å². The maximum absolute atomic E-state index is 11.9. The Bertz CT molecular complexity index is 628. The molecule has 0 saturated carbocycles. The fourth-order valence-electron chi connectivity index (χ4n) is 2.24. The number of nitrogens with zero attached hydrogens (tertiary/aromatic N) is 2. The Morgan fingerprint density at radius 2 is 2.16 bits per heavy atom. The number of amides is 1. The average molecular weight is 341 g/mol. The highest BCUT2D eigenvalue weighted by atomic mass is 79.9. The van der Waals surface area contributed by atoms with Crippen LogP contribution in [0.25, 0.3) is 11.1 Å². The number of aromatic amines is 1. The van der Waals surface area contributed by atoms with Gasteiger partial charge in [-0.05, 0) is 6.07 Å². The first-order valence-electron chi connectivity index (χ1n) is 5.89. The summed E-state index contributed by atoms with van der Waals surface area (Å²) in [6.07, 6.45) is 2.10. The number of nitrogens with one attached hydrogen (secondary N) is 1. The Hall–Kier alpha value is -1.33. The fraction of sp³-hybridized carbons (Fsp3) is 0.231. The van der Waals surface area contributed by atoms with E-state index in [0.717, 1.165) is 15.6 Å². The van der Waals surface area contributed by atoms with Gasteiger partial charge in [-0.2, -0.15) is 5.10 Å². The number of carbonyl (C=O) groups is 1. The summed E-state index contributed by atoms with van der Waals surface area (Å²) < 4.78 is 0.965. The summed E-state index contributed by atoms with van der Waals surface area (Å²) in [6.45, 7) is 0.514. The second kappa shape index (κ2) is 4.98. The van der Waals surface area contributed by atoms with Gasteiger partial charge in [0.05, 0.1) is 11.6 Å². The lowest BCUT2D eigenvalue weighted by Gasteiger charge is -2.16. The maximum atomic E-state index is 11.9. The van der Waals surface area contributed by atoms with Crippen molar-refractivity contribution in [2.45, 2.75) is 11.8 Å². The van der Waals surface area contributed by atoms with Crippen molar-refractivity contribution in [3.8, 4) is 11.1 Å². The molecule has 3 rings (SSSR count). The molecule has 1 N–H and O–H groups in total. The number of rotatable bonds is 2. The van der Waals surface area contributed by atoms with Crippen molar-refractivity contribution in [1.82, 2.24) is 10.2 Å². The smallest absolute Gasteiger partial charge is 0.229 e. The molecule has 98 valence electrons. The zero-order valence-corrected chi connectivity index (χ0v) is 12.3. The Balaban J connectivity index is 2.04. The zero-order valence-electron chi connectivity index (χ0n) is 9.94. The molecule has 1 amide bonds.